The topological polar surface area (TPSA) is 128 Å². The van der Waals surface area contributed by atoms with Crippen molar-refractivity contribution in [2.24, 2.45) is 0 Å². The first kappa shape index (κ1) is 20.0. The molecule has 2 saturated heterocycles. The third-order valence-corrected chi connectivity index (χ3v) is 5.43. The van der Waals surface area contributed by atoms with Crippen LogP contribution in [0.5, 0.6) is 0 Å². The van der Waals surface area contributed by atoms with Gasteiger partial charge in [0.1, 0.15) is 11.9 Å². The number of rotatable bonds is 4. The number of piperidine rings is 1. The number of anilines is 1. The number of halogens is 1. The zero-order valence-corrected chi connectivity index (χ0v) is 16.0. The fourth-order valence-corrected chi connectivity index (χ4v) is 3.82. The van der Waals surface area contributed by atoms with Gasteiger partial charge in [-0.2, -0.15) is 0 Å². The molecule has 5 amide bonds. The number of amides is 5. The number of fused-ring (bicyclic) bond motifs is 1. The van der Waals surface area contributed by atoms with Crippen LogP contribution in [0.15, 0.2) is 12.1 Å². The Morgan fingerprint density at radius 1 is 1.10 bits per heavy atom. The van der Waals surface area contributed by atoms with E-state index in [1.165, 1.54) is 6.07 Å². The van der Waals surface area contributed by atoms with Crippen molar-refractivity contribution >= 4 is 35.2 Å². The largest absolute Gasteiger partial charge is 0.374 e. The highest BCUT2D eigenvalue weighted by Gasteiger charge is 2.45. The van der Waals surface area contributed by atoms with Gasteiger partial charge in [0.05, 0.1) is 23.4 Å². The van der Waals surface area contributed by atoms with Gasteiger partial charge in [0.15, 0.2) is 0 Å². The van der Waals surface area contributed by atoms with Gasteiger partial charge in [-0.05, 0) is 18.6 Å². The number of carbonyl (C=O) groups excluding carboxylic acids is 5. The molecule has 3 aliphatic heterocycles. The highest BCUT2D eigenvalue weighted by Crippen LogP contribution is 2.31. The lowest BCUT2D eigenvalue weighted by Gasteiger charge is -2.27. The Morgan fingerprint density at radius 2 is 1.77 bits per heavy atom. The molecule has 4 rings (SSSR count). The summed E-state index contributed by atoms with van der Waals surface area (Å²) in [6.07, 6.45) is 0.0159. The second-order valence-corrected chi connectivity index (χ2v) is 7.31. The number of nitrogens with one attached hydrogen (secondary N) is 3. The van der Waals surface area contributed by atoms with Crippen LogP contribution in [0, 0.1) is 5.82 Å². The number of nitrogens with zero attached hydrogens (tertiary/aromatic N) is 2. The summed E-state index contributed by atoms with van der Waals surface area (Å²) in [6, 6.07) is 0.991. The van der Waals surface area contributed by atoms with E-state index in [1.54, 1.807) is 4.90 Å². The van der Waals surface area contributed by atoms with Crippen LogP contribution < -0.4 is 16.0 Å². The Hall–Kier alpha value is -3.34. The smallest absolute Gasteiger partial charge is 0.262 e. The quantitative estimate of drug-likeness (QED) is 0.540. The summed E-state index contributed by atoms with van der Waals surface area (Å²) in [5.74, 6) is -3.72. The lowest BCUT2D eigenvalue weighted by molar-refractivity contribution is -0.136. The first-order chi connectivity index (χ1) is 14.4. The fourth-order valence-electron chi connectivity index (χ4n) is 3.82. The Bertz CT molecular complexity index is 959. The van der Waals surface area contributed by atoms with Crippen LogP contribution in [-0.4, -0.2) is 78.1 Å². The molecule has 0 spiro atoms. The van der Waals surface area contributed by atoms with E-state index in [0.717, 1.165) is 11.0 Å². The van der Waals surface area contributed by atoms with Gasteiger partial charge in [0.25, 0.3) is 11.8 Å². The van der Waals surface area contributed by atoms with Crippen molar-refractivity contribution in [2.45, 2.75) is 18.9 Å². The number of hydrogen-bond donors (Lipinski definition) is 3. The third kappa shape index (κ3) is 3.52. The van der Waals surface area contributed by atoms with Crippen molar-refractivity contribution in [3.63, 3.8) is 0 Å². The molecule has 0 saturated carbocycles. The molecule has 158 valence electrons. The predicted octanol–water partition coefficient (Wildman–Crippen LogP) is -0.929. The SMILES string of the molecule is O=C1CCC(N2C(=O)c3cc(F)c(NCC(=O)N4CCNCC4)cc3C2=O)C(=O)N1. The fraction of sp³-hybridized carbons (Fsp3) is 0.421. The molecule has 0 bridgehead atoms. The van der Waals surface area contributed by atoms with E-state index >= 15 is 0 Å². The van der Waals surface area contributed by atoms with Crippen molar-refractivity contribution in [2.75, 3.05) is 38.0 Å². The van der Waals surface area contributed by atoms with Gasteiger partial charge < -0.3 is 15.5 Å². The van der Waals surface area contributed by atoms with Crippen LogP contribution in [0.1, 0.15) is 33.6 Å². The minimum atomic E-state index is -1.12. The highest BCUT2D eigenvalue weighted by molar-refractivity contribution is 6.23. The molecule has 10 nitrogen and oxygen atoms in total. The second kappa shape index (κ2) is 7.82. The molecule has 0 radical (unpaired) electrons. The van der Waals surface area contributed by atoms with E-state index in [0.29, 0.717) is 26.2 Å². The van der Waals surface area contributed by atoms with Gasteiger partial charge in [-0.15, -0.1) is 0 Å². The maximum absolute atomic E-state index is 14.5. The minimum Gasteiger partial charge on any atom is -0.374 e. The molecule has 1 aromatic rings. The molecule has 1 aromatic carbocycles. The lowest BCUT2D eigenvalue weighted by Crippen LogP contribution is -2.54. The van der Waals surface area contributed by atoms with E-state index in [-0.39, 0.29) is 42.1 Å². The molecule has 2 fully saturated rings. The molecule has 0 aromatic heterocycles. The molecule has 30 heavy (non-hydrogen) atoms. The first-order valence-electron chi connectivity index (χ1n) is 9.64. The van der Waals surface area contributed by atoms with Gasteiger partial charge in [-0.25, -0.2) is 4.39 Å². The van der Waals surface area contributed by atoms with Crippen LogP contribution in [0.25, 0.3) is 0 Å². The Kier molecular flexibility index (Phi) is 5.20. The molecule has 3 heterocycles. The second-order valence-electron chi connectivity index (χ2n) is 7.31. The molecule has 1 atom stereocenters. The van der Waals surface area contributed by atoms with Gasteiger partial charge >= 0.3 is 0 Å². The molecule has 0 aliphatic carbocycles. The Labute approximate surface area is 170 Å². The summed E-state index contributed by atoms with van der Waals surface area (Å²) in [6.45, 7) is 2.33. The van der Waals surface area contributed by atoms with Crippen LogP contribution in [0.4, 0.5) is 10.1 Å². The predicted molar refractivity (Wildman–Crippen MR) is 101 cm³/mol. The summed E-state index contributed by atoms with van der Waals surface area (Å²) in [4.78, 5) is 63.5. The van der Waals surface area contributed by atoms with Crippen LogP contribution in [0.3, 0.4) is 0 Å². The van der Waals surface area contributed by atoms with Crippen molar-refractivity contribution < 1.29 is 28.4 Å². The number of benzene rings is 1. The van der Waals surface area contributed by atoms with Gasteiger partial charge in [0.2, 0.25) is 17.7 Å². The summed E-state index contributed by atoms with van der Waals surface area (Å²) in [5.41, 5.74) is -0.284. The lowest BCUT2D eigenvalue weighted by atomic mass is 10.0. The minimum absolute atomic E-state index is 0.000883. The molecule has 3 aliphatic rings. The zero-order chi connectivity index (χ0) is 21.4. The van der Waals surface area contributed by atoms with Gasteiger partial charge in [0, 0.05) is 32.6 Å². The monoisotopic (exact) mass is 417 g/mol. The van der Waals surface area contributed by atoms with Crippen molar-refractivity contribution in [3.8, 4) is 0 Å². The molecular formula is C19H20FN5O5. The molecular weight excluding hydrogens is 397 g/mol. The first-order valence-corrected chi connectivity index (χ1v) is 9.64. The van der Waals surface area contributed by atoms with Crippen molar-refractivity contribution in [1.82, 2.24) is 20.4 Å². The van der Waals surface area contributed by atoms with E-state index in [2.05, 4.69) is 16.0 Å². The summed E-state index contributed by atoms with van der Waals surface area (Å²) in [5, 5.41) is 7.93. The Balaban J connectivity index is 1.51. The summed E-state index contributed by atoms with van der Waals surface area (Å²) < 4.78 is 14.5. The van der Waals surface area contributed by atoms with Crippen molar-refractivity contribution in [3.05, 3.63) is 29.1 Å². The molecule has 3 N–H and O–H groups in total. The third-order valence-electron chi connectivity index (χ3n) is 5.43. The van der Waals surface area contributed by atoms with E-state index in [4.69, 9.17) is 0 Å². The number of imide groups is 2. The number of carbonyl (C=O) groups is 5. The van der Waals surface area contributed by atoms with Crippen LogP contribution in [-0.2, 0) is 14.4 Å². The van der Waals surface area contributed by atoms with Gasteiger partial charge in [-0.3, -0.25) is 34.2 Å². The molecule has 11 heteroatoms. The maximum Gasteiger partial charge on any atom is 0.262 e. The normalized spacial score (nSPS) is 21.6. The van der Waals surface area contributed by atoms with E-state index in [1.807, 2.05) is 0 Å². The van der Waals surface area contributed by atoms with Crippen molar-refractivity contribution in [1.29, 1.82) is 0 Å². The summed E-state index contributed by atoms with van der Waals surface area (Å²) in [7, 11) is 0. The van der Waals surface area contributed by atoms with Crippen LogP contribution in [0.2, 0.25) is 0 Å². The maximum atomic E-state index is 14.5. The zero-order valence-electron chi connectivity index (χ0n) is 16.0. The Morgan fingerprint density at radius 3 is 2.43 bits per heavy atom. The summed E-state index contributed by atoms with van der Waals surface area (Å²) >= 11 is 0. The number of hydrogen-bond acceptors (Lipinski definition) is 7. The van der Waals surface area contributed by atoms with E-state index in [9.17, 15) is 28.4 Å². The highest BCUT2D eigenvalue weighted by atomic mass is 19.1. The number of piperazine rings is 1. The average molecular weight is 417 g/mol. The van der Waals surface area contributed by atoms with E-state index < -0.39 is 35.5 Å². The molecule has 1 unspecified atom stereocenters. The standard InChI is InChI=1S/C19H20FN5O5/c20-12-7-10-11(8-13(12)22-9-16(27)24-5-3-21-4-6-24)19(30)25(18(10)29)14-1-2-15(26)23-17(14)28/h7-8,14,21-22H,1-6,9H2,(H,23,26,28). The van der Waals surface area contributed by atoms with Gasteiger partial charge in [-0.1, -0.05) is 0 Å². The average Bonchev–Trinajstić information content (AvgIpc) is 2.96. The van der Waals surface area contributed by atoms with Crippen LogP contribution >= 0.6 is 0 Å².